The first kappa shape index (κ1) is 8.34. The van der Waals surface area contributed by atoms with Gasteiger partial charge in [0.05, 0.1) is 0 Å². The minimum absolute atomic E-state index is 0.915. The minimum atomic E-state index is 0.915. The molecule has 12 heavy (non-hydrogen) atoms. The van der Waals surface area contributed by atoms with E-state index in [0.29, 0.717) is 0 Å². The second kappa shape index (κ2) is 2.61. The lowest BCUT2D eigenvalue weighted by atomic mass is 9.48. The molecule has 1 fully saturated rings. The monoisotopic (exact) mass is 164 g/mol. The molecule has 0 aromatic carbocycles. The van der Waals surface area contributed by atoms with Gasteiger partial charge in [-0.1, -0.05) is 38.3 Å². The lowest BCUT2D eigenvalue weighted by molar-refractivity contribution is 0.0859. The van der Waals surface area contributed by atoms with E-state index in [1.807, 2.05) is 5.57 Å². The van der Waals surface area contributed by atoms with Gasteiger partial charge in [0.25, 0.3) is 0 Å². The van der Waals surface area contributed by atoms with Gasteiger partial charge >= 0.3 is 0 Å². The van der Waals surface area contributed by atoms with E-state index in [2.05, 4.69) is 27.7 Å². The predicted molar refractivity (Wildman–Crippen MR) is 52.9 cm³/mol. The SMILES string of the molecule is CCC(C)C1C(C)C2=C(C)CC21. The average molecular weight is 164 g/mol. The summed E-state index contributed by atoms with van der Waals surface area (Å²) in [6.45, 7) is 9.48. The van der Waals surface area contributed by atoms with E-state index in [1.54, 1.807) is 5.57 Å². The zero-order valence-corrected chi connectivity index (χ0v) is 8.72. The molecule has 0 aliphatic heterocycles. The lowest BCUT2D eigenvalue weighted by Gasteiger charge is -2.56. The van der Waals surface area contributed by atoms with Crippen molar-refractivity contribution in [3.63, 3.8) is 0 Å². The molecule has 4 atom stereocenters. The highest BCUT2D eigenvalue weighted by Crippen LogP contribution is 2.59. The average Bonchev–Trinajstić information content (AvgIpc) is 2.01. The Morgan fingerprint density at radius 2 is 2.17 bits per heavy atom. The van der Waals surface area contributed by atoms with Gasteiger partial charge in [0, 0.05) is 0 Å². The van der Waals surface area contributed by atoms with Crippen LogP contribution < -0.4 is 0 Å². The van der Waals surface area contributed by atoms with Crippen LogP contribution in [0.1, 0.15) is 40.5 Å². The molecule has 0 saturated heterocycles. The highest BCUT2D eigenvalue weighted by atomic mass is 14.5. The van der Waals surface area contributed by atoms with Crippen LogP contribution in [0.2, 0.25) is 0 Å². The minimum Gasteiger partial charge on any atom is -0.0729 e. The molecule has 0 bridgehead atoms. The van der Waals surface area contributed by atoms with Crippen LogP contribution in [0, 0.1) is 23.7 Å². The third kappa shape index (κ3) is 0.841. The van der Waals surface area contributed by atoms with Crippen molar-refractivity contribution in [3.8, 4) is 0 Å². The quantitative estimate of drug-likeness (QED) is 0.547. The van der Waals surface area contributed by atoms with Crippen LogP contribution in [0.25, 0.3) is 0 Å². The number of allylic oxidation sites excluding steroid dienone is 2. The maximum absolute atomic E-state index is 2.42. The van der Waals surface area contributed by atoms with Crippen LogP contribution in [-0.2, 0) is 0 Å². The fourth-order valence-corrected chi connectivity index (χ4v) is 3.41. The number of hydrogen-bond donors (Lipinski definition) is 0. The predicted octanol–water partition coefficient (Wildman–Crippen LogP) is 3.63. The highest BCUT2D eigenvalue weighted by molar-refractivity contribution is 5.38. The van der Waals surface area contributed by atoms with Crippen molar-refractivity contribution >= 4 is 0 Å². The third-order valence-corrected chi connectivity index (χ3v) is 4.25. The van der Waals surface area contributed by atoms with E-state index in [1.165, 1.54) is 12.8 Å². The first-order valence-electron chi connectivity index (χ1n) is 5.36. The second-order valence-electron chi connectivity index (χ2n) is 4.80. The summed E-state index contributed by atoms with van der Waals surface area (Å²) >= 11 is 0. The van der Waals surface area contributed by atoms with E-state index in [4.69, 9.17) is 0 Å². The van der Waals surface area contributed by atoms with Crippen molar-refractivity contribution in [1.29, 1.82) is 0 Å². The van der Waals surface area contributed by atoms with Crippen LogP contribution in [-0.4, -0.2) is 0 Å². The Labute approximate surface area is 76.1 Å². The molecular formula is C12H20. The molecule has 0 nitrogen and oxygen atoms in total. The smallest absolute Gasteiger partial charge is 0.0124 e. The van der Waals surface area contributed by atoms with Gasteiger partial charge in [-0.05, 0) is 37.0 Å². The number of hydrogen-bond acceptors (Lipinski definition) is 0. The van der Waals surface area contributed by atoms with E-state index < -0.39 is 0 Å². The molecule has 0 spiro atoms. The zero-order valence-electron chi connectivity index (χ0n) is 8.72. The first-order valence-corrected chi connectivity index (χ1v) is 5.36. The van der Waals surface area contributed by atoms with Crippen LogP contribution in [0.5, 0.6) is 0 Å². The Balaban J connectivity index is 2.07. The summed E-state index contributed by atoms with van der Waals surface area (Å²) in [6.07, 6.45) is 2.77. The van der Waals surface area contributed by atoms with Crippen molar-refractivity contribution in [2.24, 2.45) is 23.7 Å². The molecule has 0 heteroatoms. The summed E-state index contributed by atoms with van der Waals surface area (Å²) in [5, 5.41) is 0. The van der Waals surface area contributed by atoms with Gasteiger partial charge in [-0.25, -0.2) is 0 Å². The summed E-state index contributed by atoms with van der Waals surface area (Å²) < 4.78 is 0. The maximum atomic E-state index is 2.42. The summed E-state index contributed by atoms with van der Waals surface area (Å²) in [5.74, 6) is 3.89. The van der Waals surface area contributed by atoms with Crippen LogP contribution >= 0.6 is 0 Å². The maximum Gasteiger partial charge on any atom is -0.0124 e. The fourth-order valence-electron chi connectivity index (χ4n) is 3.41. The van der Waals surface area contributed by atoms with Crippen molar-refractivity contribution in [3.05, 3.63) is 11.1 Å². The van der Waals surface area contributed by atoms with Crippen molar-refractivity contribution in [2.45, 2.75) is 40.5 Å². The standard InChI is InChI=1S/C12H20/c1-5-7(2)11-9(4)12-8(3)6-10(11)12/h7,9-11H,5-6H2,1-4H3. The van der Waals surface area contributed by atoms with Crippen molar-refractivity contribution in [2.75, 3.05) is 0 Å². The Hall–Kier alpha value is -0.260. The van der Waals surface area contributed by atoms with Gasteiger partial charge in [0.1, 0.15) is 0 Å². The molecule has 2 aliphatic rings. The highest BCUT2D eigenvalue weighted by Gasteiger charge is 2.50. The molecule has 1 saturated carbocycles. The molecule has 2 rings (SSSR count). The zero-order chi connectivity index (χ0) is 8.88. The lowest BCUT2D eigenvalue weighted by Crippen LogP contribution is -2.47. The van der Waals surface area contributed by atoms with Crippen molar-refractivity contribution in [1.82, 2.24) is 0 Å². The van der Waals surface area contributed by atoms with E-state index in [-0.39, 0.29) is 0 Å². The van der Waals surface area contributed by atoms with Gasteiger partial charge in [-0.2, -0.15) is 0 Å². The van der Waals surface area contributed by atoms with Gasteiger partial charge < -0.3 is 0 Å². The molecule has 68 valence electrons. The number of rotatable bonds is 2. The second-order valence-corrected chi connectivity index (χ2v) is 4.80. The summed E-state index contributed by atoms with van der Waals surface area (Å²) in [7, 11) is 0. The summed E-state index contributed by atoms with van der Waals surface area (Å²) in [6, 6.07) is 0. The molecule has 0 aromatic rings. The van der Waals surface area contributed by atoms with Gasteiger partial charge in [0.2, 0.25) is 0 Å². The van der Waals surface area contributed by atoms with E-state index in [0.717, 1.165) is 23.7 Å². The molecule has 4 unspecified atom stereocenters. The van der Waals surface area contributed by atoms with E-state index >= 15 is 0 Å². The third-order valence-electron chi connectivity index (χ3n) is 4.25. The van der Waals surface area contributed by atoms with Gasteiger partial charge in [0.15, 0.2) is 0 Å². The Bertz CT molecular complexity index is 224. The Kier molecular flexibility index (Phi) is 1.82. The van der Waals surface area contributed by atoms with Gasteiger partial charge in [-0.15, -0.1) is 0 Å². The Morgan fingerprint density at radius 1 is 1.50 bits per heavy atom. The summed E-state index contributed by atoms with van der Waals surface area (Å²) in [4.78, 5) is 0. The molecule has 0 aromatic heterocycles. The van der Waals surface area contributed by atoms with Crippen LogP contribution in [0.4, 0.5) is 0 Å². The molecule has 0 heterocycles. The van der Waals surface area contributed by atoms with Crippen LogP contribution in [0.15, 0.2) is 11.1 Å². The Morgan fingerprint density at radius 3 is 2.58 bits per heavy atom. The molecule has 0 radical (unpaired) electrons. The molecule has 2 aliphatic carbocycles. The fraction of sp³-hybridized carbons (Fsp3) is 0.833. The number of fused-ring (bicyclic) bond motifs is 1. The molecular weight excluding hydrogens is 144 g/mol. The normalized spacial score (nSPS) is 41.5. The van der Waals surface area contributed by atoms with Gasteiger partial charge in [-0.3, -0.25) is 0 Å². The van der Waals surface area contributed by atoms with Crippen molar-refractivity contribution < 1.29 is 0 Å². The van der Waals surface area contributed by atoms with E-state index in [9.17, 15) is 0 Å². The largest absolute Gasteiger partial charge is 0.0729 e. The van der Waals surface area contributed by atoms with Crippen LogP contribution in [0.3, 0.4) is 0 Å². The molecule has 0 amide bonds. The summed E-state index contributed by atoms with van der Waals surface area (Å²) in [5.41, 5.74) is 3.52. The molecule has 0 N–H and O–H groups in total. The first-order chi connectivity index (χ1) is 5.66. The topological polar surface area (TPSA) is 0 Å².